The minimum absolute atomic E-state index is 0.0542. The molecule has 1 atom stereocenters. The Kier molecular flexibility index (Phi) is 6.83. The molecule has 1 unspecified atom stereocenters. The lowest BCUT2D eigenvalue weighted by atomic mass is 9.94. The zero-order valence-corrected chi connectivity index (χ0v) is 21.6. The highest BCUT2D eigenvalue weighted by molar-refractivity contribution is 7.80. The molecule has 1 aliphatic rings. The van der Waals surface area contributed by atoms with E-state index in [9.17, 15) is 5.11 Å². The molecule has 0 aromatic heterocycles. The van der Waals surface area contributed by atoms with Gasteiger partial charge in [-0.05, 0) is 46.8 Å². The number of hydrogen-bond acceptors (Lipinski definition) is 6. The molecule has 0 saturated heterocycles. The molecule has 4 aromatic rings. The maximum atomic E-state index is 10.9. The summed E-state index contributed by atoms with van der Waals surface area (Å²) >= 11 is 5.87. The Morgan fingerprint density at radius 3 is 2.35 bits per heavy atom. The minimum Gasteiger partial charge on any atom is -0.507 e. The van der Waals surface area contributed by atoms with Crippen molar-refractivity contribution >= 4 is 39.5 Å². The molecule has 0 fully saturated rings. The van der Waals surface area contributed by atoms with E-state index in [1.165, 1.54) is 13.2 Å². The Bertz CT molecular complexity index is 1500. The van der Waals surface area contributed by atoms with E-state index >= 15 is 0 Å². The first kappa shape index (κ1) is 24.4. The molecule has 0 bridgehead atoms. The maximum Gasteiger partial charge on any atom is 0.194 e. The number of thiocarbonyl (C=S) groups is 1. The normalized spacial score (nSPS) is 14.8. The third-order valence-electron chi connectivity index (χ3n) is 6.46. The number of nitrogens with one attached hydrogen (secondary N) is 1. The van der Waals surface area contributed by atoms with Crippen LogP contribution in [0.1, 0.15) is 23.6 Å². The van der Waals surface area contributed by atoms with Crippen LogP contribution in [0, 0.1) is 0 Å². The van der Waals surface area contributed by atoms with E-state index in [1.54, 1.807) is 25.3 Å². The van der Waals surface area contributed by atoms with Gasteiger partial charge >= 0.3 is 0 Å². The number of fused-ring (bicyclic) bond motifs is 1. The molecule has 0 aliphatic carbocycles. The lowest BCUT2D eigenvalue weighted by Crippen LogP contribution is -2.31. The molecular formula is C29H27N3O4S. The van der Waals surface area contributed by atoms with Gasteiger partial charge in [0, 0.05) is 18.1 Å². The van der Waals surface area contributed by atoms with Crippen molar-refractivity contribution in [2.75, 3.05) is 26.6 Å². The van der Waals surface area contributed by atoms with Crippen LogP contribution in [-0.2, 0) is 0 Å². The van der Waals surface area contributed by atoms with Crippen LogP contribution >= 0.6 is 12.2 Å². The topological polar surface area (TPSA) is 75.6 Å². The van der Waals surface area contributed by atoms with Crippen LogP contribution in [0.2, 0.25) is 0 Å². The largest absolute Gasteiger partial charge is 0.507 e. The van der Waals surface area contributed by atoms with E-state index in [0.29, 0.717) is 40.1 Å². The van der Waals surface area contributed by atoms with Gasteiger partial charge in [0.05, 0.1) is 38.8 Å². The second-order valence-corrected chi connectivity index (χ2v) is 8.92. The molecular weight excluding hydrogens is 486 g/mol. The van der Waals surface area contributed by atoms with Gasteiger partial charge < -0.3 is 24.6 Å². The fraction of sp³-hybridized carbons (Fsp3) is 0.172. The van der Waals surface area contributed by atoms with E-state index < -0.39 is 0 Å². The van der Waals surface area contributed by atoms with Crippen LogP contribution in [-0.4, -0.2) is 42.3 Å². The van der Waals surface area contributed by atoms with E-state index in [0.717, 1.165) is 22.0 Å². The molecule has 1 aliphatic heterocycles. The number of anilines is 1. The number of aromatic hydroxyl groups is 1. The molecule has 0 radical (unpaired) electrons. The predicted molar refractivity (Wildman–Crippen MR) is 150 cm³/mol. The highest BCUT2D eigenvalue weighted by Gasteiger charge is 2.34. The highest BCUT2D eigenvalue weighted by atomic mass is 32.1. The van der Waals surface area contributed by atoms with E-state index in [4.69, 9.17) is 31.5 Å². The average Bonchev–Trinajstić information content (AvgIpc) is 3.38. The number of hydrogen-bond donors (Lipinski definition) is 2. The van der Waals surface area contributed by atoms with Crippen molar-refractivity contribution in [3.05, 3.63) is 90.0 Å². The highest BCUT2D eigenvalue weighted by Crippen LogP contribution is 2.41. The number of hydrazone groups is 1. The van der Waals surface area contributed by atoms with Gasteiger partial charge in [0.2, 0.25) is 0 Å². The van der Waals surface area contributed by atoms with Crippen molar-refractivity contribution in [3.63, 3.8) is 0 Å². The van der Waals surface area contributed by atoms with Crippen LogP contribution in [0.3, 0.4) is 0 Å². The number of benzene rings is 4. The summed E-state index contributed by atoms with van der Waals surface area (Å²) in [6.45, 7) is 0. The summed E-state index contributed by atoms with van der Waals surface area (Å²) < 4.78 is 16.3. The maximum absolute atomic E-state index is 10.9. The first-order valence-electron chi connectivity index (χ1n) is 11.8. The molecule has 0 amide bonds. The van der Waals surface area contributed by atoms with Crippen molar-refractivity contribution in [3.8, 4) is 23.0 Å². The predicted octanol–water partition coefficient (Wildman–Crippen LogP) is 6.12. The molecule has 0 spiro atoms. The van der Waals surface area contributed by atoms with Crippen molar-refractivity contribution in [1.29, 1.82) is 0 Å². The monoisotopic (exact) mass is 513 g/mol. The quantitative estimate of drug-likeness (QED) is 0.301. The number of phenolic OH excluding ortho intramolecular Hbond substituents is 1. The molecule has 8 heteroatoms. The van der Waals surface area contributed by atoms with Crippen LogP contribution < -0.4 is 19.5 Å². The van der Waals surface area contributed by atoms with Crippen LogP contribution in [0.4, 0.5) is 5.69 Å². The Balaban J connectivity index is 1.59. The summed E-state index contributed by atoms with van der Waals surface area (Å²) in [7, 11) is 4.71. The number of nitrogens with zero attached hydrogens (tertiary/aromatic N) is 2. The van der Waals surface area contributed by atoms with E-state index in [1.807, 2.05) is 42.5 Å². The summed E-state index contributed by atoms with van der Waals surface area (Å²) in [6, 6.07) is 25.1. The van der Waals surface area contributed by atoms with Gasteiger partial charge in [-0.15, -0.1) is 0 Å². The first-order valence-corrected chi connectivity index (χ1v) is 12.2. The summed E-state index contributed by atoms with van der Waals surface area (Å²) in [5, 5.41) is 23.5. The summed E-state index contributed by atoms with van der Waals surface area (Å²) in [4.78, 5) is 0. The summed E-state index contributed by atoms with van der Waals surface area (Å²) in [6.07, 6.45) is 0.519. The van der Waals surface area contributed by atoms with Gasteiger partial charge in [0.15, 0.2) is 16.6 Å². The van der Waals surface area contributed by atoms with Gasteiger partial charge in [0.25, 0.3) is 0 Å². The first-order chi connectivity index (χ1) is 18.0. The van der Waals surface area contributed by atoms with Crippen LogP contribution in [0.15, 0.2) is 84.0 Å². The standard InChI is InChI=1S/C29H27N3O4S/c1-34-26-14-7-6-13-22(26)30-29(37)32-24(20-12-8-10-18-9-4-5-11-19(18)20)16-23(31-32)21-15-27(35-2)28(36-3)17-25(21)33/h4-15,17,24,33H,16H2,1-3H3,(H,30,37). The number of ether oxygens (including phenoxy) is 3. The Hall–Kier alpha value is -4.30. The number of para-hydroxylation sites is 2. The molecule has 4 aromatic carbocycles. The molecule has 7 nitrogen and oxygen atoms in total. The van der Waals surface area contributed by atoms with Crippen LogP contribution in [0.5, 0.6) is 23.0 Å². The zero-order valence-electron chi connectivity index (χ0n) is 20.8. The average molecular weight is 514 g/mol. The molecule has 188 valence electrons. The van der Waals surface area contributed by atoms with Gasteiger partial charge in [-0.1, -0.05) is 54.6 Å². The second-order valence-electron chi connectivity index (χ2n) is 8.53. The van der Waals surface area contributed by atoms with Crippen LogP contribution in [0.25, 0.3) is 10.8 Å². The van der Waals surface area contributed by atoms with Gasteiger partial charge in [-0.2, -0.15) is 5.10 Å². The van der Waals surface area contributed by atoms with E-state index in [-0.39, 0.29) is 11.8 Å². The Morgan fingerprint density at radius 1 is 0.892 bits per heavy atom. The number of rotatable bonds is 6. The molecule has 1 heterocycles. The Morgan fingerprint density at radius 2 is 1.57 bits per heavy atom. The molecule has 0 saturated carbocycles. The van der Waals surface area contributed by atoms with Gasteiger partial charge in [-0.3, -0.25) is 0 Å². The van der Waals surface area contributed by atoms with Gasteiger partial charge in [0.1, 0.15) is 11.5 Å². The summed E-state index contributed by atoms with van der Waals surface area (Å²) in [5.74, 6) is 1.68. The Labute approximate surface area is 220 Å². The smallest absolute Gasteiger partial charge is 0.194 e. The van der Waals surface area contributed by atoms with Crippen molar-refractivity contribution in [2.45, 2.75) is 12.5 Å². The second kappa shape index (κ2) is 10.4. The fourth-order valence-electron chi connectivity index (χ4n) is 4.66. The molecule has 2 N–H and O–H groups in total. The molecule has 5 rings (SSSR count). The third-order valence-corrected chi connectivity index (χ3v) is 6.75. The SMILES string of the molecule is COc1ccccc1NC(=S)N1N=C(c2cc(OC)c(OC)cc2O)CC1c1cccc2ccccc12. The number of methoxy groups -OCH3 is 3. The lowest BCUT2D eigenvalue weighted by molar-refractivity contribution is 0.351. The zero-order chi connectivity index (χ0) is 25.9. The molecule has 37 heavy (non-hydrogen) atoms. The van der Waals surface area contributed by atoms with Gasteiger partial charge in [-0.25, -0.2) is 5.01 Å². The third kappa shape index (κ3) is 4.63. The minimum atomic E-state index is -0.205. The fourth-order valence-corrected chi connectivity index (χ4v) is 4.94. The van der Waals surface area contributed by atoms with Crippen molar-refractivity contribution < 1.29 is 19.3 Å². The lowest BCUT2D eigenvalue weighted by Gasteiger charge is -2.26. The van der Waals surface area contributed by atoms with Crippen molar-refractivity contribution in [2.24, 2.45) is 5.10 Å². The van der Waals surface area contributed by atoms with E-state index in [2.05, 4.69) is 29.6 Å². The number of phenols is 1. The van der Waals surface area contributed by atoms with Crippen molar-refractivity contribution in [1.82, 2.24) is 5.01 Å². The summed E-state index contributed by atoms with van der Waals surface area (Å²) in [5.41, 5.74) is 3.07.